The van der Waals surface area contributed by atoms with Gasteiger partial charge in [-0.05, 0) is 30.3 Å². The number of fused-ring (bicyclic) bond motifs is 1. The molecule has 2 aromatic heterocycles. The molecule has 0 spiro atoms. The fourth-order valence-corrected chi connectivity index (χ4v) is 2.26. The van der Waals surface area contributed by atoms with Gasteiger partial charge in [0.1, 0.15) is 11.4 Å². The summed E-state index contributed by atoms with van der Waals surface area (Å²) in [6, 6.07) is 8.60. The largest absolute Gasteiger partial charge is 0.495 e. The van der Waals surface area contributed by atoms with Crippen LogP contribution in [0.15, 0.2) is 48.9 Å². The van der Waals surface area contributed by atoms with Crippen molar-refractivity contribution in [2.75, 3.05) is 12.4 Å². The second-order valence-electron chi connectivity index (χ2n) is 4.41. The number of pyridine rings is 1. The Labute approximate surface area is 126 Å². The van der Waals surface area contributed by atoms with E-state index in [1.165, 1.54) is 0 Å². The van der Waals surface area contributed by atoms with Crippen LogP contribution in [0.2, 0.25) is 5.02 Å². The van der Waals surface area contributed by atoms with Crippen LogP contribution >= 0.6 is 11.6 Å². The first-order chi connectivity index (χ1) is 10.2. The van der Waals surface area contributed by atoms with E-state index in [9.17, 15) is 4.79 Å². The molecule has 0 saturated heterocycles. The molecule has 2 heterocycles. The maximum atomic E-state index is 12.2. The molecule has 0 atom stereocenters. The van der Waals surface area contributed by atoms with Gasteiger partial charge in [-0.2, -0.15) is 0 Å². The Morgan fingerprint density at radius 3 is 2.95 bits per heavy atom. The second kappa shape index (κ2) is 5.46. The van der Waals surface area contributed by atoms with Crippen molar-refractivity contribution in [1.29, 1.82) is 0 Å². The first kappa shape index (κ1) is 13.5. The van der Waals surface area contributed by atoms with E-state index in [0.717, 1.165) is 5.65 Å². The number of nitrogens with zero attached hydrogens (tertiary/aromatic N) is 2. The summed E-state index contributed by atoms with van der Waals surface area (Å²) in [7, 11) is 1.54. The Morgan fingerprint density at radius 2 is 2.19 bits per heavy atom. The van der Waals surface area contributed by atoms with Crippen LogP contribution in [0.25, 0.3) is 5.65 Å². The highest BCUT2D eigenvalue weighted by molar-refractivity contribution is 6.32. The van der Waals surface area contributed by atoms with Crippen molar-refractivity contribution >= 4 is 28.8 Å². The first-order valence-corrected chi connectivity index (χ1v) is 6.63. The van der Waals surface area contributed by atoms with Gasteiger partial charge in [-0.1, -0.05) is 11.6 Å². The predicted molar refractivity (Wildman–Crippen MR) is 81.1 cm³/mol. The number of hydrogen-bond acceptors (Lipinski definition) is 3. The molecule has 1 N–H and O–H groups in total. The molecular formula is C15H12ClN3O2. The lowest BCUT2D eigenvalue weighted by molar-refractivity contribution is 0.102. The van der Waals surface area contributed by atoms with Gasteiger partial charge in [0.25, 0.3) is 5.91 Å². The van der Waals surface area contributed by atoms with E-state index in [-0.39, 0.29) is 5.91 Å². The zero-order valence-electron chi connectivity index (χ0n) is 11.2. The Hall–Kier alpha value is -2.53. The van der Waals surface area contributed by atoms with E-state index >= 15 is 0 Å². The third-order valence-electron chi connectivity index (χ3n) is 3.06. The third kappa shape index (κ3) is 2.68. The van der Waals surface area contributed by atoms with Crippen LogP contribution in [0.4, 0.5) is 5.69 Å². The van der Waals surface area contributed by atoms with Crippen LogP contribution in [0.5, 0.6) is 5.75 Å². The average molecular weight is 302 g/mol. The second-order valence-corrected chi connectivity index (χ2v) is 4.82. The number of benzene rings is 1. The van der Waals surface area contributed by atoms with Crippen molar-refractivity contribution in [3.63, 3.8) is 0 Å². The van der Waals surface area contributed by atoms with Crippen LogP contribution in [-0.2, 0) is 0 Å². The number of rotatable bonds is 3. The quantitative estimate of drug-likeness (QED) is 0.808. The molecule has 106 valence electrons. The molecule has 5 nitrogen and oxygen atoms in total. The lowest BCUT2D eigenvalue weighted by Gasteiger charge is -2.08. The van der Waals surface area contributed by atoms with Crippen LogP contribution in [-0.4, -0.2) is 22.4 Å². The lowest BCUT2D eigenvalue weighted by atomic mass is 10.2. The molecule has 3 rings (SSSR count). The molecule has 0 aliphatic heterocycles. The van der Waals surface area contributed by atoms with Crippen LogP contribution in [0.3, 0.4) is 0 Å². The summed E-state index contributed by atoms with van der Waals surface area (Å²) in [5, 5.41) is 3.24. The number of carbonyl (C=O) groups is 1. The van der Waals surface area contributed by atoms with Crippen LogP contribution in [0.1, 0.15) is 10.4 Å². The molecular weight excluding hydrogens is 290 g/mol. The van der Waals surface area contributed by atoms with Gasteiger partial charge >= 0.3 is 0 Å². The minimum absolute atomic E-state index is 0.216. The van der Waals surface area contributed by atoms with Gasteiger partial charge < -0.3 is 14.5 Å². The fourth-order valence-electron chi connectivity index (χ4n) is 2.00. The van der Waals surface area contributed by atoms with Gasteiger partial charge in [0, 0.05) is 24.3 Å². The molecule has 0 unspecified atom stereocenters. The Morgan fingerprint density at radius 1 is 1.33 bits per heavy atom. The molecule has 0 aliphatic carbocycles. The zero-order valence-corrected chi connectivity index (χ0v) is 12.0. The van der Waals surface area contributed by atoms with Gasteiger partial charge in [0.05, 0.1) is 17.7 Å². The topological polar surface area (TPSA) is 55.6 Å². The summed E-state index contributed by atoms with van der Waals surface area (Å²) >= 11 is 6.03. The molecule has 0 aliphatic rings. The van der Waals surface area contributed by atoms with Gasteiger partial charge in [-0.3, -0.25) is 4.79 Å². The number of anilines is 1. The Bertz CT molecular complexity index is 814. The number of ether oxygens (including phenoxy) is 1. The molecule has 0 bridgehead atoms. The number of methoxy groups -OCH3 is 1. The van der Waals surface area contributed by atoms with Crippen molar-refractivity contribution in [1.82, 2.24) is 9.38 Å². The normalized spacial score (nSPS) is 10.6. The summed E-state index contributed by atoms with van der Waals surface area (Å²) in [6.07, 6.45) is 5.19. The maximum Gasteiger partial charge on any atom is 0.257 e. The molecule has 21 heavy (non-hydrogen) atoms. The van der Waals surface area contributed by atoms with Gasteiger partial charge in [0.15, 0.2) is 0 Å². The number of imidazole rings is 1. The molecule has 6 heteroatoms. The Balaban J connectivity index is 1.83. The van der Waals surface area contributed by atoms with Crippen LogP contribution < -0.4 is 10.1 Å². The smallest absolute Gasteiger partial charge is 0.257 e. The third-order valence-corrected chi connectivity index (χ3v) is 3.36. The van der Waals surface area contributed by atoms with E-state index in [0.29, 0.717) is 22.0 Å². The number of aromatic nitrogens is 2. The molecule has 1 aromatic carbocycles. The first-order valence-electron chi connectivity index (χ1n) is 6.25. The number of hydrogen-bond donors (Lipinski definition) is 1. The highest BCUT2D eigenvalue weighted by Crippen LogP contribution is 2.27. The van der Waals surface area contributed by atoms with Crippen LogP contribution in [0, 0.1) is 0 Å². The summed E-state index contributed by atoms with van der Waals surface area (Å²) in [5.74, 6) is 0.348. The van der Waals surface area contributed by atoms with Gasteiger partial charge in [0.2, 0.25) is 0 Å². The minimum Gasteiger partial charge on any atom is -0.495 e. The SMILES string of the molecule is COc1ccc(NC(=O)c2ccc3nccn3c2)cc1Cl. The van der Waals surface area contributed by atoms with E-state index in [1.54, 1.807) is 60.4 Å². The van der Waals surface area contributed by atoms with Crippen molar-refractivity contribution in [2.45, 2.75) is 0 Å². The van der Waals surface area contributed by atoms with E-state index in [1.807, 2.05) is 0 Å². The summed E-state index contributed by atoms with van der Waals surface area (Å²) in [5.41, 5.74) is 1.93. The number of carbonyl (C=O) groups excluding carboxylic acids is 1. The highest BCUT2D eigenvalue weighted by Gasteiger charge is 2.09. The molecule has 0 radical (unpaired) electrons. The monoisotopic (exact) mass is 301 g/mol. The summed E-state index contributed by atoms with van der Waals surface area (Å²) < 4.78 is 6.86. The molecule has 3 aromatic rings. The number of halogens is 1. The fraction of sp³-hybridized carbons (Fsp3) is 0.0667. The van der Waals surface area contributed by atoms with Gasteiger partial charge in [-0.15, -0.1) is 0 Å². The van der Waals surface area contributed by atoms with Gasteiger partial charge in [-0.25, -0.2) is 4.98 Å². The lowest BCUT2D eigenvalue weighted by Crippen LogP contribution is -2.12. The number of amides is 1. The highest BCUT2D eigenvalue weighted by atomic mass is 35.5. The molecule has 0 saturated carbocycles. The van der Waals surface area contributed by atoms with Crippen molar-refractivity contribution in [3.8, 4) is 5.75 Å². The Kier molecular flexibility index (Phi) is 3.50. The molecule has 1 amide bonds. The summed E-state index contributed by atoms with van der Waals surface area (Å²) in [6.45, 7) is 0. The minimum atomic E-state index is -0.216. The van der Waals surface area contributed by atoms with E-state index < -0.39 is 0 Å². The zero-order chi connectivity index (χ0) is 14.8. The maximum absolute atomic E-state index is 12.2. The molecule has 0 fully saturated rings. The van der Waals surface area contributed by atoms with Crippen molar-refractivity contribution < 1.29 is 9.53 Å². The van der Waals surface area contributed by atoms with Crippen molar-refractivity contribution in [3.05, 3.63) is 59.5 Å². The van der Waals surface area contributed by atoms with Crippen molar-refractivity contribution in [2.24, 2.45) is 0 Å². The number of nitrogens with one attached hydrogen (secondary N) is 1. The van der Waals surface area contributed by atoms with E-state index in [2.05, 4.69) is 10.3 Å². The van der Waals surface area contributed by atoms with E-state index in [4.69, 9.17) is 16.3 Å². The average Bonchev–Trinajstić information content (AvgIpc) is 2.94. The summed E-state index contributed by atoms with van der Waals surface area (Å²) in [4.78, 5) is 16.4. The standard InChI is InChI=1S/C15H12ClN3O2/c1-21-13-4-3-11(8-12(13)16)18-15(20)10-2-5-14-17-6-7-19(14)9-10/h2-9H,1H3,(H,18,20). The predicted octanol–water partition coefficient (Wildman–Crippen LogP) is 3.25.